The second kappa shape index (κ2) is 7.94. The summed E-state index contributed by atoms with van der Waals surface area (Å²) in [5, 5.41) is 14.7. The number of hydrogen-bond donors (Lipinski definition) is 3. The summed E-state index contributed by atoms with van der Waals surface area (Å²) in [6.07, 6.45) is 0. The van der Waals surface area contributed by atoms with Gasteiger partial charge in [-0.3, -0.25) is 4.79 Å². The summed E-state index contributed by atoms with van der Waals surface area (Å²) in [7, 11) is 0. The first-order chi connectivity index (χ1) is 11.0. The Bertz CT molecular complexity index is 707. The maximum absolute atomic E-state index is 13.4. The van der Waals surface area contributed by atoms with E-state index in [2.05, 4.69) is 10.6 Å². The number of hydrogen-bond acceptors (Lipinski definition) is 3. The molecule has 0 radical (unpaired) electrons. The van der Waals surface area contributed by atoms with Crippen molar-refractivity contribution in [3.8, 4) is 0 Å². The lowest BCUT2D eigenvalue weighted by atomic mass is 10.1. The zero-order chi connectivity index (χ0) is 16.8. The molecule has 23 heavy (non-hydrogen) atoms. The van der Waals surface area contributed by atoms with Crippen LogP contribution in [0.1, 0.15) is 21.5 Å². The van der Waals surface area contributed by atoms with Gasteiger partial charge in [-0.2, -0.15) is 0 Å². The van der Waals surface area contributed by atoms with E-state index in [-0.39, 0.29) is 24.1 Å². The van der Waals surface area contributed by atoms with Crippen LogP contribution in [0.2, 0.25) is 5.02 Å². The van der Waals surface area contributed by atoms with Crippen molar-refractivity contribution in [1.82, 2.24) is 5.32 Å². The Kier molecular flexibility index (Phi) is 5.96. The molecule has 0 spiro atoms. The van der Waals surface area contributed by atoms with Crippen molar-refractivity contribution in [1.29, 1.82) is 0 Å². The third kappa shape index (κ3) is 4.43. The molecule has 1 amide bonds. The fraction of sp³-hybridized carbons (Fsp3) is 0.235. The molecule has 122 valence electrons. The molecule has 3 N–H and O–H groups in total. The lowest BCUT2D eigenvalue weighted by Gasteiger charge is -2.13. The molecule has 0 aliphatic heterocycles. The van der Waals surface area contributed by atoms with Crippen LogP contribution < -0.4 is 10.6 Å². The van der Waals surface area contributed by atoms with Crippen molar-refractivity contribution in [2.75, 3.05) is 18.5 Å². The predicted octanol–water partition coefficient (Wildman–Crippen LogP) is 3.12. The third-order valence-corrected chi connectivity index (χ3v) is 3.75. The SMILES string of the molecule is Cc1c(NCc2ccc(Cl)c(F)c2)cccc1C(=O)NCCO. The Morgan fingerprint density at radius 1 is 1.30 bits per heavy atom. The largest absolute Gasteiger partial charge is 0.395 e. The van der Waals surface area contributed by atoms with E-state index in [1.54, 1.807) is 18.2 Å². The van der Waals surface area contributed by atoms with E-state index in [1.807, 2.05) is 13.0 Å². The highest BCUT2D eigenvalue weighted by atomic mass is 35.5. The quantitative estimate of drug-likeness (QED) is 0.759. The fourth-order valence-electron chi connectivity index (χ4n) is 2.18. The Morgan fingerprint density at radius 3 is 2.78 bits per heavy atom. The van der Waals surface area contributed by atoms with Gasteiger partial charge in [0.2, 0.25) is 0 Å². The summed E-state index contributed by atoms with van der Waals surface area (Å²) < 4.78 is 13.4. The summed E-state index contributed by atoms with van der Waals surface area (Å²) in [5.74, 6) is -0.697. The number of rotatable bonds is 6. The van der Waals surface area contributed by atoms with Crippen LogP contribution in [0.25, 0.3) is 0 Å². The van der Waals surface area contributed by atoms with E-state index in [0.29, 0.717) is 12.1 Å². The average Bonchev–Trinajstić information content (AvgIpc) is 2.54. The average molecular weight is 337 g/mol. The number of aliphatic hydroxyl groups is 1. The fourth-order valence-corrected chi connectivity index (χ4v) is 2.30. The monoisotopic (exact) mass is 336 g/mol. The normalized spacial score (nSPS) is 10.4. The predicted molar refractivity (Wildman–Crippen MR) is 89.3 cm³/mol. The molecule has 2 aromatic rings. The number of carbonyl (C=O) groups excluding carboxylic acids is 1. The highest BCUT2D eigenvalue weighted by Crippen LogP contribution is 2.21. The molecule has 0 saturated carbocycles. The van der Waals surface area contributed by atoms with Gasteiger partial charge < -0.3 is 15.7 Å². The smallest absolute Gasteiger partial charge is 0.251 e. The first-order valence-corrected chi connectivity index (χ1v) is 7.57. The van der Waals surface area contributed by atoms with Gasteiger partial charge in [0.25, 0.3) is 5.91 Å². The first-order valence-electron chi connectivity index (χ1n) is 7.19. The van der Waals surface area contributed by atoms with Crippen molar-refractivity contribution in [2.24, 2.45) is 0 Å². The Morgan fingerprint density at radius 2 is 2.09 bits per heavy atom. The van der Waals surface area contributed by atoms with Gasteiger partial charge in [0.05, 0.1) is 11.6 Å². The molecule has 0 heterocycles. The molecule has 0 aliphatic carbocycles. The molecule has 0 atom stereocenters. The number of benzene rings is 2. The van der Waals surface area contributed by atoms with Crippen molar-refractivity contribution in [2.45, 2.75) is 13.5 Å². The highest BCUT2D eigenvalue weighted by Gasteiger charge is 2.11. The minimum absolute atomic E-state index is 0.0903. The van der Waals surface area contributed by atoms with E-state index in [0.717, 1.165) is 16.8 Å². The Hall–Kier alpha value is -2.11. The zero-order valence-corrected chi connectivity index (χ0v) is 13.5. The van der Waals surface area contributed by atoms with Crippen LogP contribution in [0, 0.1) is 12.7 Å². The minimum Gasteiger partial charge on any atom is -0.395 e. The second-order valence-electron chi connectivity index (χ2n) is 5.06. The van der Waals surface area contributed by atoms with E-state index in [4.69, 9.17) is 16.7 Å². The number of carbonyl (C=O) groups is 1. The van der Waals surface area contributed by atoms with Crippen molar-refractivity contribution in [3.05, 3.63) is 63.9 Å². The first kappa shape index (κ1) is 17.2. The molecular formula is C17H18ClFN2O2. The molecular weight excluding hydrogens is 319 g/mol. The van der Waals surface area contributed by atoms with Gasteiger partial charge in [-0.15, -0.1) is 0 Å². The van der Waals surface area contributed by atoms with Gasteiger partial charge >= 0.3 is 0 Å². The van der Waals surface area contributed by atoms with Crippen LogP contribution in [0.4, 0.5) is 10.1 Å². The highest BCUT2D eigenvalue weighted by molar-refractivity contribution is 6.30. The number of aliphatic hydroxyl groups excluding tert-OH is 1. The van der Waals surface area contributed by atoms with Crippen LogP contribution in [0.3, 0.4) is 0 Å². The maximum Gasteiger partial charge on any atom is 0.251 e. The molecule has 0 fully saturated rings. The molecule has 0 saturated heterocycles. The van der Waals surface area contributed by atoms with Crippen molar-refractivity contribution >= 4 is 23.2 Å². The van der Waals surface area contributed by atoms with Gasteiger partial charge in [-0.25, -0.2) is 4.39 Å². The summed E-state index contributed by atoms with van der Waals surface area (Å²) in [6, 6.07) is 9.97. The molecule has 0 aliphatic rings. The molecule has 0 aromatic heterocycles. The van der Waals surface area contributed by atoms with Crippen molar-refractivity contribution in [3.63, 3.8) is 0 Å². The van der Waals surface area contributed by atoms with Crippen molar-refractivity contribution < 1.29 is 14.3 Å². The topological polar surface area (TPSA) is 61.4 Å². The van der Waals surface area contributed by atoms with Crippen LogP contribution >= 0.6 is 11.6 Å². The summed E-state index contributed by atoms with van der Waals surface area (Å²) in [6.45, 7) is 2.35. The zero-order valence-electron chi connectivity index (χ0n) is 12.7. The van der Waals surface area contributed by atoms with Gasteiger partial charge in [0.1, 0.15) is 5.82 Å². The minimum atomic E-state index is -0.458. The lowest BCUT2D eigenvalue weighted by Crippen LogP contribution is -2.27. The lowest BCUT2D eigenvalue weighted by molar-refractivity contribution is 0.0944. The van der Waals surface area contributed by atoms with E-state index < -0.39 is 5.82 Å². The summed E-state index contributed by atoms with van der Waals surface area (Å²) in [5.41, 5.74) is 2.86. The van der Waals surface area contributed by atoms with E-state index in [1.165, 1.54) is 12.1 Å². The standard InChI is InChI=1S/C17H18ClFN2O2/c1-11-13(17(23)20-7-8-22)3-2-4-16(11)21-10-12-5-6-14(18)15(19)9-12/h2-6,9,21-22H,7-8,10H2,1H3,(H,20,23). The molecule has 0 bridgehead atoms. The Balaban J connectivity index is 2.11. The molecule has 2 aromatic carbocycles. The van der Waals surface area contributed by atoms with E-state index in [9.17, 15) is 9.18 Å². The van der Waals surface area contributed by atoms with Crippen LogP contribution in [0.15, 0.2) is 36.4 Å². The van der Waals surface area contributed by atoms with Gasteiger partial charge in [0, 0.05) is 24.3 Å². The number of halogens is 2. The summed E-state index contributed by atoms with van der Waals surface area (Å²) in [4.78, 5) is 12.0. The number of anilines is 1. The van der Waals surface area contributed by atoms with Gasteiger partial charge in [-0.05, 0) is 42.3 Å². The number of amides is 1. The number of nitrogens with one attached hydrogen (secondary N) is 2. The van der Waals surface area contributed by atoms with Crippen LogP contribution in [-0.4, -0.2) is 24.2 Å². The molecule has 2 rings (SSSR count). The van der Waals surface area contributed by atoms with Gasteiger partial charge in [0.15, 0.2) is 0 Å². The third-order valence-electron chi connectivity index (χ3n) is 3.44. The Labute approximate surface area is 139 Å². The van der Waals surface area contributed by atoms with Crippen LogP contribution in [0.5, 0.6) is 0 Å². The molecule has 0 unspecified atom stereocenters. The molecule has 4 nitrogen and oxygen atoms in total. The maximum atomic E-state index is 13.4. The summed E-state index contributed by atoms with van der Waals surface area (Å²) >= 11 is 5.66. The van der Waals surface area contributed by atoms with E-state index >= 15 is 0 Å². The van der Waals surface area contributed by atoms with Gasteiger partial charge in [-0.1, -0.05) is 23.7 Å². The van der Waals surface area contributed by atoms with Crippen LogP contribution in [-0.2, 0) is 6.54 Å². The second-order valence-corrected chi connectivity index (χ2v) is 5.47. The molecule has 6 heteroatoms.